The van der Waals surface area contributed by atoms with Crippen LogP contribution in [-0.4, -0.2) is 29.9 Å². The first kappa shape index (κ1) is 15.4. The van der Waals surface area contributed by atoms with Gasteiger partial charge in [-0.25, -0.2) is 4.79 Å². The van der Waals surface area contributed by atoms with Gasteiger partial charge in [0, 0.05) is 30.7 Å². The fourth-order valence-electron chi connectivity index (χ4n) is 1.39. The molecule has 19 heavy (non-hydrogen) atoms. The van der Waals surface area contributed by atoms with E-state index in [2.05, 4.69) is 21.2 Å². The van der Waals surface area contributed by atoms with Gasteiger partial charge in [-0.05, 0) is 23.8 Å². The van der Waals surface area contributed by atoms with Gasteiger partial charge < -0.3 is 11.1 Å². The number of carbonyl (C=O) groups excluding carboxylic acids is 2. The zero-order valence-electron chi connectivity index (χ0n) is 10.6. The predicted molar refractivity (Wildman–Crippen MR) is 78.1 cm³/mol. The van der Waals surface area contributed by atoms with Crippen molar-refractivity contribution in [3.8, 4) is 0 Å². The van der Waals surface area contributed by atoms with Crippen molar-refractivity contribution in [2.45, 2.75) is 6.92 Å². The van der Waals surface area contributed by atoms with Gasteiger partial charge in [-0.15, -0.1) is 0 Å². The summed E-state index contributed by atoms with van der Waals surface area (Å²) in [5, 5.41) is 2.53. The lowest BCUT2D eigenvalue weighted by atomic mass is 10.2. The summed E-state index contributed by atoms with van der Waals surface area (Å²) < 4.78 is 0.986. The molecule has 5 nitrogen and oxygen atoms in total. The molecule has 0 bridgehead atoms. The molecule has 6 heteroatoms. The summed E-state index contributed by atoms with van der Waals surface area (Å²) >= 11 is 3.34. The van der Waals surface area contributed by atoms with Crippen molar-refractivity contribution < 1.29 is 9.59 Å². The highest BCUT2D eigenvalue weighted by atomic mass is 79.9. The second-order valence-electron chi connectivity index (χ2n) is 3.79. The zero-order chi connectivity index (χ0) is 14.3. The Kier molecular flexibility index (Phi) is 6.24. The molecular formula is C13H16BrN3O2. The van der Waals surface area contributed by atoms with Crippen LogP contribution in [-0.2, 0) is 4.79 Å². The maximum atomic E-state index is 11.7. The number of carbonyl (C=O) groups is 2. The number of amides is 3. The Bertz CT molecular complexity index is 471. The predicted octanol–water partition coefficient (Wildman–Crippen LogP) is 1.94. The Labute approximate surface area is 120 Å². The molecule has 0 saturated heterocycles. The maximum Gasteiger partial charge on any atom is 0.328 e. The van der Waals surface area contributed by atoms with Crippen molar-refractivity contribution in [2.24, 2.45) is 5.73 Å². The average molecular weight is 326 g/mol. The quantitative estimate of drug-likeness (QED) is 0.888. The first-order chi connectivity index (χ1) is 9.04. The first-order valence-electron chi connectivity index (χ1n) is 5.75. The van der Waals surface area contributed by atoms with E-state index < -0.39 is 6.03 Å². The molecule has 0 spiro atoms. The van der Waals surface area contributed by atoms with Crippen LogP contribution in [0.15, 0.2) is 34.9 Å². The highest BCUT2D eigenvalue weighted by molar-refractivity contribution is 9.10. The third-order valence-electron chi connectivity index (χ3n) is 2.33. The molecule has 0 fully saturated rings. The van der Waals surface area contributed by atoms with Crippen molar-refractivity contribution in [3.05, 3.63) is 40.5 Å². The molecule has 1 aromatic carbocycles. The van der Waals surface area contributed by atoms with E-state index in [9.17, 15) is 9.59 Å². The van der Waals surface area contributed by atoms with Crippen molar-refractivity contribution in [1.82, 2.24) is 10.2 Å². The monoisotopic (exact) mass is 325 g/mol. The van der Waals surface area contributed by atoms with Gasteiger partial charge in [0.25, 0.3) is 0 Å². The number of halogens is 1. The molecule has 0 radical (unpaired) electrons. The zero-order valence-corrected chi connectivity index (χ0v) is 12.2. The minimum Gasteiger partial charge on any atom is -0.329 e. The molecule has 0 aliphatic carbocycles. The van der Waals surface area contributed by atoms with Crippen LogP contribution in [0.2, 0.25) is 0 Å². The smallest absolute Gasteiger partial charge is 0.328 e. The Morgan fingerprint density at radius 1 is 1.37 bits per heavy atom. The Hall–Kier alpha value is -1.66. The van der Waals surface area contributed by atoms with E-state index >= 15 is 0 Å². The van der Waals surface area contributed by atoms with Gasteiger partial charge in [-0.2, -0.15) is 0 Å². The molecule has 0 atom stereocenters. The SMILES string of the molecule is CC(=O)N(CCN)C(=O)N/C=C/c1ccc(Br)cc1. The number of nitrogens with zero attached hydrogens (tertiary/aromatic N) is 1. The number of hydrogen-bond acceptors (Lipinski definition) is 3. The van der Waals surface area contributed by atoms with E-state index in [1.807, 2.05) is 24.3 Å². The lowest BCUT2D eigenvalue weighted by Crippen LogP contribution is -2.43. The maximum absolute atomic E-state index is 11.7. The Balaban J connectivity index is 2.57. The summed E-state index contributed by atoms with van der Waals surface area (Å²) in [6.07, 6.45) is 3.24. The summed E-state index contributed by atoms with van der Waals surface area (Å²) in [6, 6.07) is 7.12. The largest absolute Gasteiger partial charge is 0.329 e. The van der Waals surface area contributed by atoms with Crippen molar-refractivity contribution in [3.63, 3.8) is 0 Å². The summed E-state index contributed by atoms with van der Waals surface area (Å²) in [4.78, 5) is 24.0. The van der Waals surface area contributed by atoms with E-state index in [-0.39, 0.29) is 19.0 Å². The molecule has 0 aromatic heterocycles. The van der Waals surface area contributed by atoms with Crippen LogP contribution in [0.25, 0.3) is 6.08 Å². The minimum atomic E-state index is -0.480. The molecule has 1 aromatic rings. The molecule has 0 unspecified atom stereocenters. The van der Waals surface area contributed by atoms with Gasteiger partial charge in [0.05, 0.1) is 0 Å². The van der Waals surface area contributed by atoms with Crippen LogP contribution in [0, 0.1) is 0 Å². The molecule has 1 rings (SSSR count). The highest BCUT2D eigenvalue weighted by Crippen LogP contribution is 2.11. The second kappa shape index (κ2) is 7.70. The van der Waals surface area contributed by atoms with E-state index in [4.69, 9.17) is 5.73 Å². The van der Waals surface area contributed by atoms with E-state index in [1.54, 1.807) is 6.08 Å². The number of hydrogen-bond donors (Lipinski definition) is 2. The molecule has 0 heterocycles. The van der Waals surface area contributed by atoms with Gasteiger partial charge in [-0.1, -0.05) is 28.1 Å². The third-order valence-corrected chi connectivity index (χ3v) is 2.86. The van der Waals surface area contributed by atoms with E-state index in [0.29, 0.717) is 0 Å². The summed E-state index contributed by atoms with van der Waals surface area (Å²) in [5.41, 5.74) is 6.28. The number of nitrogens with two attached hydrogens (primary N) is 1. The molecule has 102 valence electrons. The normalized spacial score (nSPS) is 10.5. The summed E-state index contributed by atoms with van der Waals surface area (Å²) in [6.45, 7) is 1.77. The topological polar surface area (TPSA) is 75.4 Å². The Morgan fingerprint density at radius 3 is 2.53 bits per heavy atom. The number of urea groups is 1. The van der Waals surface area contributed by atoms with Crippen LogP contribution in [0.4, 0.5) is 4.79 Å². The van der Waals surface area contributed by atoms with Crippen LogP contribution < -0.4 is 11.1 Å². The highest BCUT2D eigenvalue weighted by Gasteiger charge is 2.15. The van der Waals surface area contributed by atoms with E-state index in [0.717, 1.165) is 14.9 Å². The van der Waals surface area contributed by atoms with Gasteiger partial charge in [0.1, 0.15) is 0 Å². The number of benzene rings is 1. The van der Waals surface area contributed by atoms with Crippen molar-refractivity contribution in [1.29, 1.82) is 0 Å². The third kappa shape index (κ3) is 5.23. The van der Waals surface area contributed by atoms with Gasteiger partial charge in [0.2, 0.25) is 5.91 Å². The fraction of sp³-hybridized carbons (Fsp3) is 0.231. The first-order valence-corrected chi connectivity index (χ1v) is 6.54. The standard InChI is InChI=1S/C13H16BrN3O2/c1-10(18)17(9-7-15)13(19)16-8-6-11-2-4-12(14)5-3-11/h2-6,8H,7,9,15H2,1H3,(H,16,19)/b8-6+. The molecule has 0 aliphatic heterocycles. The number of nitrogens with one attached hydrogen (secondary N) is 1. The van der Waals surface area contributed by atoms with Gasteiger partial charge in [-0.3, -0.25) is 9.69 Å². The van der Waals surface area contributed by atoms with Crippen molar-refractivity contribution >= 4 is 33.9 Å². The lowest BCUT2D eigenvalue weighted by molar-refractivity contribution is -0.125. The fourth-order valence-corrected chi connectivity index (χ4v) is 1.66. The van der Waals surface area contributed by atoms with Crippen LogP contribution in [0.3, 0.4) is 0 Å². The Morgan fingerprint density at radius 2 is 2.00 bits per heavy atom. The summed E-state index contributed by atoms with van der Waals surface area (Å²) in [7, 11) is 0. The molecule has 3 N–H and O–H groups in total. The number of imide groups is 1. The lowest BCUT2D eigenvalue weighted by Gasteiger charge is -2.17. The van der Waals surface area contributed by atoms with Crippen molar-refractivity contribution in [2.75, 3.05) is 13.1 Å². The number of rotatable bonds is 4. The molecule has 0 aliphatic rings. The van der Waals surface area contributed by atoms with Crippen LogP contribution in [0.5, 0.6) is 0 Å². The van der Waals surface area contributed by atoms with Gasteiger partial charge >= 0.3 is 6.03 Å². The van der Waals surface area contributed by atoms with Crippen LogP contribution >= 0.6 is 15.9 Å². The average Bonchev–Trinajstić information content (AvgIpc) is 2.37. The molecule has 0 saturated carbocycles. The minimum absolute atomic E-state index is 0.202. The van der Waals surface area contributed by atoms with Crippen LogP contribution in [0.1, 0.15) is 12.5 Å². The van der Waals surface area contributed by atoms with Gasteiger partial charge in [0.15, 0.2) is 0 Å². The second-order valence-corrected chi connectivity index (χ2v) is 4.71. The van der Waals surface area contributed by atoms with E-state index in [1.165, 1.54) is 13.1 Å². The summed E-state index contributed by atoms with van der Waals surface area (Å²) in [5.74, 6) is -0.333. The molecular weight excluding hydrogens is 310 g/mol. The molecule has 3 amide bonds.